The summed E-state index contributed by atoms with van der Waals surface area (Å²) in [6, 6.07) is 0. The van der Waals surface area contributed by atoms with E-state index in [0.717, 1.165) is 12.8 Å². The molecule has 0 fully saturated rings. The zero-order valence-electron chi connectivity index (χ0n) is 13.3. The summed E-state index contributed by atoms with van der Waals surface area (Å²) in [6.07, 6.45) is 18.3. The van der Waals surface area contributed by atoms with E-state index in [9.17, 15) is 9.46 Å². The van der Waals surface area contributed by atoms with Crippen molar-refractivity contribution in [3.05, 3.63) is 0 Å². The first-order valence-electron chi connectivity index (χ1n) is 8.54. The summed E-state index contributed by atoms with van der Waals surface area (Å²) in [5.41, 5.74) is 0. The quantitative estimate of drug-likeness (QED) is 0.279. The first-order chi connectivity index (χ1) is 9.77. The highest BCUT2D eigenvalue weighted by Crippen LogP contribution is 2.14. The lowest BCUT2D eigenvalue weighted by molar-refractivity contribution is -0.185. The van der Waals surface area contributed by atoms with E-state index < -0.39 is 8.25 Å². The highest BCUT2D eigenvalue weighted by atomic mass is 31.1. The average molecular weight is 304 g/mol. The molecular formula is C16H33O3P. The fourth-order valence-electron chi connectivity index (χ4n) is 2.44. The van der Waals surface area contributed by atoms with E-state index in [4.69, 9.17) is 0 Å². The third kappa shape index (κ3) is 18.0. The molecule has 0 bridgehead atoms. The molecule has 0 saturated heterocycles. The standard InChI is InChI=1S/C16H33O3P/c1-2-3-4-5-6-7-8-9-10-11-12-13-14-15-16-19-20(17)18/h2-16H2,1H3. The first kappa shape index (κ1) is 20.0. The van der Waals surface area contributed by atoms with Crippen LogP contribution in [0, 0.1) is 0 Å². The predicted octanol–water partition coefficient (Wildman–Crippen LogP) is 5.50. The molecule has 1 unspecified atom stereocenters. The Balaban J connectivity index is 2.94. The molecule has 0 spiro atoms. The second-order valence-corrected chi connectivity index (χ2v) is 6.36. The predicted molar refractivity (Wildman–Crippen MR) is 83.9 cm³/mol. The number of rotatable bonds is 16. The van der Waals surface area contributed by atoms with Crippen LogP contribution >= 0.6 is 8.25 Å². The Bertz CT molecular complexity index is 210. The Labute approximate surface area is 126 Å². The van der Waals surface area contributed by atoms with Crippen molar-refractivity contribution in [3.63, 3.8) is 0 Å². The molecule has 0 radical (unpaired) electrons. The van der Waals surface area contributed by atoms with Crippen LogP contribution < -0.4 is 4.89 Å². The SMILES string of the molecule is CCCCCCCCCCCCCCCCO[P+](=O)[O-]. The van der Waals surface area contributed by atoms with Gasteiger partial charge in [-0.2, -0.15) is 0 Å². The van der Waals surface area contributed by atoms with Crippen molar-refractivity contribution in [2.45, 2.75) is 96.8 Å². The topological polar surface area (TPSA) is 49.4 Å². The van der Waals surface area contributed by atoms with Crippen molar-refractivity contribution in [2.24, 2.45) is 0 Å². The van der Waals surface area contributed by atoms with Gasteiger partial charge >= 0.3 is 8.25 Å². The van der Waals surface area contributed by atoms with Crippen molar-refractivity contribution in [3.8, 4) is 0 Å². The van der Waals surface area contributed by atoms with E-state index in [2.05, 4.69) is 11.4 Å². The fraction of sp³-hybridized carbons (Fsp3) is 1.00. The lowest BCUT2D eigenvalue weighted by Gasteiger charge is -2.02. The Morgan fingerprint density at radius 3 is 1.40 bits per heavy atom. The summed E-state index contributed by atoms with van der Waals surface area (Å²) in [7, 11) is -2.64. The maximum absolute atomic E-state index is 10.1. The zero-order chi connectivity index (χ0) is 14.9. The summed E-state index contributed by atoms with van der Waals surface area (Å²) < 4.78 is 14.7. The molecule has 0 aliphatic rings. The molecule has 0 aromatic rings. The minimum Gasteiger partial charge on any atom is -0.566 e. The summed E-state index contributed by atoms with van der Waals surface area (Å²) in [4.78, 5) is 10.1. The minimum atomic E-state index is -2.64. The van der Waals surface area contributed by atoms with Gasteiger partial charge in [-0.1, -0.05) is 90.4 Å². The normalized spacial score (nSPS) is 11.8. The highest BCUT2D eigenvalue weighted by Gasteiger charge is 1.99. The van der Waals surface area contributed by atoms with Gasteiger partial charge in [0.2, 0.25) is 0 Å². The Morgan fingerprint density at radius 1 is 0.700 bits per heavy atom. The van der Waals surface area contributed by atoms with Crippen LogP contribution in [0.2, 0.25) is 0 Å². The maximum Gasteiger partial charge on any atom is 0.488 e. The maximum atomic E-state index is 10.1. The molecule has 3 nitrogen and oxygen atoms in total. The van der Waals surface area contributed by atoms with E-state index in [1.807, 2.05) is 0 Å². The third-order valence-corrected chi connectivity index (χ3v) is 4.09. The summed E-state index contributed by atoms with van der Waals surface area (Å²) in [6.45, 7) is 2.62. The van der Waals surface area contributed by atoms with Crippen LogP contribution in [0.4, 0.5) is 0 Å². The van der Waals surface area contributed by atoms with Gasteiger partial charge in [0.15, 0.2) is 0 Å². The van der Waals surface area contributed by atoms with Crippen LogP contribution in [0.25, 0.3) is 0 Å². The monoisotopic (exact) mass is 304 g/mol. The van der Waals surface area contributed by atoms with Gasteiger partial charge in [-0.15, -0.1) is 4.52 Å². The van der Waals surface area contributed by atoms with Crippen molar-refractivity contribution in [1.29, 1.82) is 0 Å². The molecule has 120 valence electrons. The molecule has 4 heteroatoms. The smallest absolute Gasteiger partial charge is 0.488 e. The van der Waals surface area contributed by atoms with Crippen LogP contribution in [-0.2, 0) is 9.09 Å². The molecule has 20 heavy (non-hydrogen) atoms. The molecule has 0 aromatic carbocycles. The number of hydrogen-bond donors (Lipinski definition) is 0. The van der Waals surface area contributed by atoms with Gasteiger partial charge in [0.25, 0.3) is 0 Å². The van der Waals surface area contributed by atoms with E-state index in [-0.39, 0.29) is 0 Å². The molecule has 1 atom stereocenters. The summed E-state index contributed by atoms with van der Waals surface area (Å²) in [5.74, 6) is 0. The molecular weight excluding hydrogens is 271 g/mol. The molecule has 0 N–H and O–H groups in total. The Morgan fingerprint density at radius 2 is 1.05 bits per heavy atom. The van der Waals surface area contributed by atoms with Crippen molar-refractivity contribution < 1.29 is 14.0 Å². The average Bonchev–Trinajstić information content (AvgIpc) is 2.43. The van der Waals surface area contributed by atoms with Gasteiger partial charge in [-0.3, -0.25) is 0 Å². The molecule has 0 rings (SSSR count). The van der Waals surface area contributed by atoms with Gasteiger partial charge in [-0.05, 0) is 11.0 Å². The van der Waals surface area contributed by atoms with E-state index in [0.29, 0.717) is 6.61 Å². The van der Waals surface area contributed by atoms with Crippen LogP contribution in [0.5, 0.6) is 0 Å². The van der Waals surface area contributed by atoms with E-state index in [1.165, 1.54) is 77.0 Å². The van der Waals surface area contributed by atoms with Crippen molar-refractivity contribution in [2.75, 3.05) is 6.61 Å². The van der Waals surface area contributed by atoms with Gasteiger partial charge in [0, 0.05) is 0 Å². The number of unbranched alkanes of at least 4 members (excludes halogenated alkanes) is 13. The van der Waals surface area contributed by atoms with Crippen LogP contribution in [0.1, 0.15) is 96.8 Å². The lowest BCUT2D eigenvalue weighted by Crippen LogP contribution is -1.93. The van der Waals surface area contributed by atoms with E-state index in [1.54, 1.807) is 0 Å². The van der Waals surface area contributed by atoms with Gasteiger partial charge in [0.1, 0.15) is 6.61 Å². The molecule has 0 aliphatic heterocycles. The molecule has 0 aliphatic carbocycles. The second kappa shape index (κ2) is 17.1. The molecule has 0 saturated carbocycles. The van der Waals surface area contributed by atoms with Gasteiger partial charge in [-0.25, -0.2) is 0 Å². The Hall–Kier alpha value is 0.0200. The number of hydrogen-bond acceptors (Lipinski definition) is 3. The first-order valence-corrected chi connectivity index (χ1v) is 9.64. The fourth-order valence-corrected chi connectivity index (χ4v) is 2.71. The third-order valence-electron chi connectivity index (χ3n) is 3.69. The second-order valence-electron chi connectivity index (χ2n) is 5.65. The molecule has 0 amide bonds. The Kier molecular flexibility index (Phi) is 17.1. The zero-order valence-corrected chi connectivity index (χ0v) is 14.2. The molecule has 0 aromatic heterocycles. The van der Waals surface area contributed by atoms with Gasteiger partial charge < -0.3 is 4.89 Å². The van der Waals surface area contributed by atoms with Crippen LogP contribution in [0.3, 0.4) is 0 Å². The minimum absolute atomic E-state index is 0.358. The van der Waals surface area contributed by atoms with Crippen molar-refractivity contribution in [1.82, 2.24) is 0 Å². The largest absolute Gasteiger partial charge is 0.566 e. The van der Waals surface area contributed by atoms with Crippen LogP contribution in [-0.4, -0.2) is 6.61 Å². The lowest BCUT2D eigenvalue weighted by atomic mass is 10.0. The van der Waals surface area contributed by atoms with Gasteiger partial charge in [0.05, 0.1) is 0 Å². The van der Waals surface area contributed by atoms with E-state index >= 15 is 0 Å². The summed E-state index contributed by atoms with van der Waals surface area (Å²) >= 11 is 0. The summed E-state index contributed by atoms with van der Waals surface area (Å²) in [5, 5.41) is 0. The van der Waals surface area contributed by atoms with Crippen LogP contribution in [0.15, 0.2) is 0 Å². The molecule has 0 heterocycles. The van der Waals surface area contributed by atoms with Crippen molar-refractivity contribution >= 4 is 8.25 Å². The highest BCUT2D eigenvalue weighted by molar-refractivity contribution is 7.30.